The lowest BCUT2D eigenvalue weighted by Crippen LogP contribution is -2.32. The molecule has 1 fully saturated rings. The molecule has 4 nitrogen and oxygen atoms in total. The van der Waals surface area contributed by atoms with Gasteiger partial charge in [-0.1, -0.05) is 30.5 Å². The molecule has 0 heterocycles. The maximum absolute atomic E-state index is 12.2. The maximum atomic E-state index is 12.2. The van der Waals surface area contributed by atoms with Crippen molar-refractivity contribution in [1.29, 1.82) is 0 Å². The molecule has 1 saturated carbocycles. The highest BCUT2D eigenvalue weighted by Crippen LogP contribution is 2.18. The van der Waals surface area contributed by atoms with Crippen molar-refractivity contribution in [2.75, 3.05) is 5.32 Å². The van der Waals surface area contributed by atoms with Crippen LogP contribution in [0.25, 0.3) is 0 Å². The number of anilines is 1. The molecule has 0 saturated heterocycles. The largest absolute Gasteiger partial charge is 0.349 e. The number of carbonyl (C=O) groups excluding carboxylic acids is 2. The minimum atomic E-state index is -0.179. The van der Waals surface area contributed by atoms with Crippen LogP contribution in [0.1, 0.15) is 52.0 Å². The second-order valence-electron chi connectivity index (χ2n) is 6.35. The first-order valence-corrected chi connectivity index (χ1v) is 8.41. The second-order valence-corrected chi connectivity index (χ2v) is 6.35. The van der Waals surface area contributed by atoms with Gasteiger partial charge in [-0.2, -0.15) is 0 Å². The smallest absolute Gasteiger partial charge is 0.255 e. The Labute approximate surface area is 142 Å². The van der Waals surface area contributed by atoms with Crippen LogP contribution < -0.4 is 10.6 Å². The lowest BCUT2D eigenvalue weighted by atomic mass is 10.1. The average Bonchev–Trinajstić information content (AvgIpc) is 3.10. The van der Waals surface area contributed by atoms with Crippen LogP contribution in [-0.4, -0.2) is 17.9 Å². The van der Waals surface area contributed by atoms with Gasteiger partial charge in [-0.25, -0.2) is 0 Å². The normalized spacial score (nSPS) is 14.4. The van der Waals surface area contributed by atoms with Crippen molar-refractivity contribution in [3.63, 3.8) is 0 Å². The number of amides is 2. The molecule has 2 amide bonds. The zero-order valence-electron chi connectivity index (χ0n) is 13.8. The third-order valence-corrected chi connectivity index (χ3v) is 4.41. The number of nitrogens with one attached hydrogen (secondary N) is 2. The Hall–Kier alpha value is -2.62. The van der Waals surface area contributed by atoms with Crippen LogP contribution in [0.2, 0.25) is 0 Å². The number of hydrogen-bond donors (Lipinski definition) is 2. The van der Waals surface area contributed by atoms with Crippen LogP contribution in [0.4, 0.5) is 5.69 Å². The Morgan fingerprint density at radius 2 is 1.38 bits per heavy atom. The molecule has 0 aliphatic heterocycles. The molecule has 124 valence electrons. The van der Waals surface area contributed by atoms with E-state index in [1.54, 1.807) is 24.3 Å². The molecule has 4 heteroatoms. The Bertz CT molecular complexity index is 714. The molecule has 3 rings (SSSR count). The molecule has 1 aliphatic carbocycles. The van der Waals surface area contributed by atoms with Gasteiger partial charge in [-0.05, 0) is 56.2 Å². The molecule has 1 aliphatic rings. The van der Waals surface area contributed by atoms with Gasteiger partial charge in [-0.3, -0.25) is 9.59 Å². The van der Waals surface area contributed by atoms with Crippen molar-refractivity contribution in [1.82, 2.24) is 5.32 Å². The molecule has 0 bridgehead atoms. The van der Waals surface area contributed by atoms with Crippen molar-refractivity contribution < 1.29 is 9.59 Å². The van der Waals surface area contributed by atoms with E-state index in [0.29, 0.717) is 17.2 Å². The summed E-state index contributed by atoms with van der Waals surface area (Å²) in [5.41, 5.74) is 3.03. The van der Waals surface area contributed by atoms with Crippen LogP contribution in [0.15, 0.2) is 48.5 Å². The minimum absolute atomic E-state index is 0.0626. The van der Waals surface area contributed by atoms with Gasteiger partial charge in [0.15, 0.2) is 0 Å². The zero-order chi connectivity index (χ0) is 16.9. The third-order valence-electron chi connectivity index (χ3n) is 4.41. The van der Waals surface area contributed by atoms with Gasteiger partial charge < -0.3 is 10.6 Å². The van der Waals surface area contributed by atoms with E-state index in [-0.39, 0.29) is 11.8 Å². The van der Waals surface area contributed by atoms with Crippen molar-refractivity contribution in [3.8, 4) is 0 Å². The molecular weight excluding hydrogens is 300 g/mol. The van der Waals surface area contributed by atoms with Crippen LogP contribution in [-0.2, 0) is 0 Å². The predicted octanol–water partition coefficient (Wildman–Crippen LogP) is 3.92. The van der Waals surface area contributed by atoms with E-state index in [0.717, 1.165) is 24.1 Å². The van der Waals surface area contributed by atoms with E-state index in [2.05, 4.69) is 10.6 Å². The van der Waals surface area contributed by atoms with Crippen LogP contribution in [0.5, 0.6) is 0 Å². The van der Waals surface area contributed by atoms with E-state index in [1.807, 2.05) is 31.2 Å². The first-order chi connectivity index (χ1) is 11.6. The van der Waals surface area contributed by atoms with Crippen LogP contribution >= 0.6 is 0 Å². The van der Waals surface area contributed by atoms with E-state index in [1.165, 1.54) is 12.8 Å². The molecule has 0 atom stereocenters. The lowest BCUT2D eigenvalue weighted by Gasteiger charge is -2.12. The first kappa shape index (κ1) is 16.2. The Morgan fingerprint density at radius 1 is 0.833 bits per heavy atom. The summed E-state index contributed by atoms with van der Waals surface area (Å²) in [4.78, 5) is 24.4. The van der Waals surface area contributed by atoms with Gasteiger partial charge in [0.1, 0.15) is 0 Å². The van der Waals surface area contributed by atoms with Gasteiger partial charge >= 0.3 is 0 Å². The highest BCUT2D eigenvalue weighted by Gasteiger charge is 2.18. The number of hydrogen-bond acceptors (Lipinski definition) is 2. The molecule has 2 aromatic rings. The van der Waals surface area contributed by atoms with Crippen LogP contribution in [0, 0.1) is 6.92 Å². The summed E-state index contributed by atoms with van der Waals surface area (Å²) in [6, 6.07) is 14.7. The van der Waals surface area contributed by atoms with E-state index in [4.69, 9.17) is 0 Å². The summed E-state index contributed by atoms with van der Waals surface area (Å²) in [5.74, 6) is -0.242. The molecule has 0 aromatic heterocycles. The zero-order valence-corrected chi connectivity index (χ0v) is 13.8. The van der Waals surface area contributed by atoms with Gasteiger partial charge in [0.2, 0.25) is 0 Å². The van der Waals surface area contributed by atoms with Gasteiger partial charge in [-0.15, -0.1) is 0 Å². The fourth-order valence-electron chi connectivity index (χ4n) is 2.95. The standard InChI is InChI=1S/C20H22N2O2/c1-14-6-12-18(13-7-14)22-20(24)16-10-8-15(9-11-16)19(23)21-17-4-2-3-5-17/h6-13,17H,2-5H2,1H3,(H,21,23)(H,22,24). The third kappa shape index (κ3) is 4.02. The topological polar surface area (TPSA) is 58.2 Å². The van der Waals surface area contributed by atoms with Crippen LogP contribution in [0.3, 0.4) is 0 Å². The number of rotatable bonds is 4. The van der Waals surface area contributed by atoms with Gasteiger partial charge in [0, 0.05) is 22.9 Å². The Kier molecular flexibility index (Phi) is 4.94. The fourth-order valence-corrected chi connectivity index (χ4v) is 2.95. The van der Waals surface area contributed by atoms with Gasteiger partial charge in [0.05, 0.1) is 0 Å². The van der Waals surface area contributed by atoms with E-state index >= 15 is 0 Å². The molecule has 2 N–H and O–H groups in total. The quantitative estimate of drug-likeness (QED) is 0.896. The molecule has 0 spiro atoms. The summed E-state index contributed by atoms with van der Waals surface area (Å²) < 4.78 is 0. The summed E-state index contributed by atoms with van der Waals surface area (Å²) in [5, 5.41) is 5.90. The minimum Gasteiger partial charge on any atom is -0.349 e. The molecule has 0 unspecified atom stereocenters. The summed E-state index contributed by atoms with van der Waals surface area (Å²) in [7, 11) is 0. The van der Waals surface area contributed by atoms with E-state index in [9.17, 15) is 9.59 Å². The molecule has 24 heavy (non-hydrogen) atoms. The van der Waals surface area contributed by atoms with Crippen molar-refractivity contribution in [3.05, 3.63) is 65.2 Å². The van der Waals surface area contributed by atoms with Crippen molar-refractivity contribution >= 4 is 17.5 Å². The molecular formula is C20H22N2O2. The monoisotopic (exact) mass is 322 g/mol. The highest BCUT2D eigenvalue weighted by molar-refractivity contribution is 6.05. The average molecular weight is 322 g/mol. The van der Waals surface area contributed by atoms with Gasteiger partial charge in [0.25, 0.3) is 11.8 Å². The second kappa shape index (κ2) is 7.30. The number of benzene rings is 2. The van der Waals surface area contributed by atoms with Crippen molar-refractivity contribution in [2.45, 2.75) is 38.6 Å². The molecule has 0 radical (unpaired) electrons. The Balaban J connectivity index is 1.61. The summed E-state index contributed by atoms with van der Waals surface area (Å²) >= 11 is 0. The fraction of sp³-hybridized carbons (Fsp3) is 0.300. The van der Waals surface area contributed by atoms with E-state index < -0.39 is 0 Å². The lowest BCUT2D eigenvalue weighted by molar-refractivity contribution is 0.0936. The maximum Gasteiger partial charge on any atom is 0.255 e. The summed E-state index contributed by atoms with van der Waals surface area (Å²) in [6.07, 6.45) is 4.48. The summed E-state index contributed by atoms with van der Waals surface area (Å²) in [6.45, 7) is 2.00. The number of aryl methyl sites for hydroxylation is 1. The SMILES string of the molecule is Cc1ccc(NC(=O)c2ccc(C(=O)NC3CCCC3)cc2)cc1. The highest BCUT2D eigenvalue weighted by atomic mass is 16.2. The number of carbonyl (C=O) groups is 2. The predicted molar refractivity (Wildman–Crippen MR) is 95.3 cm³/mol. The first-order valence-electron chi connectivity index (χ1n) is 8.41. The Morgan fingerprint density at radius 3 is 1.96 bits per heavy atom. The van der Waals surface area contributed by atoms with Crippen molar-refractivity contribution in [2.24, 2.45) is 0 Å². The molecule has 2 aromatic carbocycles.